The highest BCUT2D eigenvalue weighted by atomic mass is 16.3. The zero-order valence-corrected chi connectivity index (χ0v) is 26.2. The summed E-state index contributed by atoms with van der Waals surface area (Å²) in [6, 6.07) is 56.0. The Hall–Kier alpha value is -6.70. The molecule has 4 nitrogen and oxygen atoms in total. The van der Waals surface area contributed by atoms with Gasteiger partial charge in [-0.2, -0.15) is 5.26 Å². The Morgan fingerprint density at radius 1 is 0.490 bits per heavy atom. The molecule has 1 spiro atoms. The number of rotatable bonds is 3. The number of nitrogens with zero attached hydrogens (tertiary/aromatic N) is 2. The predicted molar refractivity (Wildman–Crippen MR) is 196 cm³/mol. The van der Waals surface area contributed by atoms with E-state index in [2.05, 4.69) is 114 Å². The maximum atomic E-state index is 14.1. The van der Waals surface area contributed by atoms with Crippen molar-refractivity contribution in [1.29, 1.82) is 5.26 Å². The van der Waals surface area contributed by atoms with E-state index in [1.807, 2.05) is 54.6 Å². The molecule has 1 atom stereocenters. The monoisotopic (exact) mass is 626 g/mol. The number of fused-ring (bicyclic) bond motifs is 12. The number of hydrogen-bond acceptors (Lipinski definition) is 4. The second-order valence-corrected chi connectivity index (χ2v) is 12.7. The first-order chi connectivity index (χ1) is 24.2. The number of nitriles is 1. The van der Waals surface area contributed by atoms with Gasteiger partial charge in [-0.05, 0) is 117 Å². The fraction of sp³-hybridized carbons (Fsp3) is 0.0222. The second kappa shape index (κ2) is 10.1. The number of benzene rings is 7. The summed E-state index contributed by atoms with van der Waals surface area (Å²) in [6.07, 6.45) is 0. The molecule has 1 aromatic heterocycles. The Balaban J connectivity index is 1.34. The molecule has 2 aliphatic rings. The molecule has 0 aliphatic heterocycles. The quantitative estimate of drug-likeness (QED) is 0.183. The average Bonchev–Trinajstić information content (AvgIpc) is 3.61. The van der Waals surface area contributed by atoms with Crippen molar-refractivity contribution in [1.82, 2.24) is 0 Å². The molecule has 4 heteroatoms. The van der Waals surface area contributed by atoms with Crippen molar-refractivity contribution in [3.05, 3.63) is 196 Å². The Labute approximate surface area is 282 Å². The van der Waals surface area contributed by atoms with Crippen molar-refractivity contribution in [2.24, 2.45) is 0 Å². The molecule has 228 valence electrons. The number of anilines is 3. The molecule has 0 saturated carbocycles. The normalized spacial score (nSPS) is 15.1. The van der Waals surface area contributed by atoms with Gasteiger partial charge in [-0.15, -0.1) is 0 Å². The fourth-order valence-electron chi connectivity index (χ4n) is 8.27. The minimum absolute atomic E-state index is 0.0527. The van der Waals surface area contributed by atoms with E-state index in [9.17, 15) is 10.1 Å². The molecule has 0 saturated heterocycles. The lowest BCUT2D eigenvalue weighted by molar-refractivity contribution is 0.659. The highest BCUT2D eigenvalue weighted by Crippen LogP contribution is 2.64. The Morgan fingerprint density at radius 2 is 1.10 bits per heavy atom. The lowest BCUT2D eigenvalue weighted by Crippen LogP contribution is -2.26. The smallest absolute Gasteiger partial charge is 0.200 e. The molecule has 7 aromatic carbocycles. The first-order valence-corrected chi connectivity index (χ1v) is 16.4. The van der Waals surface area contributed by atoms with E-state index in [1.165, 1.54) is 0 Å². The maximum absolute atomic E-state index is 14.1. The average molecular weight is 627 g/mol. The summed E-state index contributed by atoms with van der Waals surface area (Å²) in [4.78, 5) is 16.4. The van der Waals surface area contributed by atoms with Crippen LogP contribution in [0.3, 0.4) is 0 Å². The van der Waals surface area contributed by atoms with E-state index in [0.29, 0.717) is 27.5 Å². The van der Waals surface area contributed by atoms with E-state index < -0.39 is 5.41 Å². The third-order valence-corrected chi connectivity index (χ3v) is 10.3. The van der Waals surface area contributed by atoms with E-state index >= 15 is 0 Å². The molecule has 0 fully saturated rings. The second-order valence-electron chi connectivity index (χ2n) is 12.7. The van der Waals surface area contributed by atoms with Crippen molar-refractivity contribution in [3.63, 3.8) is 0 Å². The van der Waals surface area contributed by atoms with Gasteiger partial charge < -0.3 is 9.32 Å². The lowest BCUT2D eigenvalue weighted by Gasteiger charge is -2.32. The fourth-order valence-corrected chi connectivity index (χ4v) is 8.27. The molecule has 1 unspecified atom stereocenters. The summed E-state index contributed by atoms with van der Waals surface area (Å²) >= 11 is 0. The van der Waals surface area contributed by atoms with Gasteiger partial charge in [-0.1, -0.05) is 84.9 Å². The van der Waals surface area contributed by atoms with Crippen LogP contribution in [0.2, 0.25) is 0 Å². The van der Waals surface area contributed by atoms with Gasteiger partial charge in [0.05, 0.1) is 27.8 Å². The number of hydrogen-bond donors (Lipinski definition) is 0. The van der Waals surface area contributed by atoms with Gasteiger partial charge in [0.15, 0.2) is 0 Å². The first-order valence-electron chi connectivity index (χ1n) is 16.4. The SMILES string of the molecule is N#Cc1ccc2c(c1)C1(c3ccccc3-c3ccc(N(c4ccccc4)c4ccccc4)cc31)c1cc3c(=O)c4ccccc4oc3cc1-2. The molecule has 0 N–H and O–H groups in total. The summed E-state index contributed by atoms with van der Waals surface area (Å²) in [7, 11) is 0. The molecular weight excluding hydrogens is 601 g/mol. The van der Waals surface area contributed by atoms with E-state index in [0.717, 1.165) is 61.6 Å². The summed E-state index contributed by atoms with van der Waals surface area (Å²) in [5.41, 5.74) is 12.6. The van der Waals surface area contributed by atoms with Gasteiger partial charge in [0.25, 0.3) is 0 Å². The Morgan fingerprint density at radius 3 is 1.88 bits per heavy atom. The zero-order chi connectivity index (χ0) is 32.7. The van der Waals surface area contributed by atoms with Crippen LogP contribution in [0.1, 0.15) is 27.8 Å². The molecule has 0 radical (unpaired) electrons. The topological polar surface area (TPSA) is 57.2 Å². The van der Waals surface area contributed by atoms with Crippen molar-refractivity contribution < 1.29 is 4.42 Å². The predicted octanol–water partition coefficient (Wildman–Crippen LogP) is 10.6. The number of para-hydroxylation sites is 3. The summed E-state index contributed by atoms with van der Waals surface area (Å²) < 4.78 is 6.39. The first kappa shape index (κ1) is 27.4. The summed E-state index contributed by atoms with van der Waals surface area (Å²) in [5.74, 6) is 0. The highest BCUT2D eigenvalue weighted by molar-refractivity contribution is 6.01. The van der Waals surface area contributed by atoms with Crippen LogP contribution < -0.4 is 10.3 Å². The standard InChI is InChI=1S/C45H26N2O2/c46-27-28-19-21-34-36-26-43-37(44(48)35-16-8-10-18-42(35)49-43)25-41(36)45(39(34)23-28)38-17-9-7-15-32(38)33-22-20-31(24-40(33)45)47(29-11-3-1-4-12-29)30-13-5-2-6-14-30/h1-26H. The van der Waals surface area contributed by atoms with E-state index in [4.69, 9.17) is 4.42 Å². The van der Waals surface area contributed by atoms with Crippen LogP contribution in [0, 0.1) is 11.3 Å². The van der Waals surface area contributed by atoms with E-state index in [1.54, 1.807) is 0 Å². The molecule has 1 heterocycles. The Bertz CT molecular complexity index is 2720. The summed E-state index contributed by atoms with van der Waals surface area (Å²) in [6.45, 7) is 0. The van der Waals surface area contributed by atoms with Gasteiger partial charge in [-0.25, -0.2) is 0 Å². The molecule has 2 aliphatic carbocycles. The molecule has 10 rings (SSSR count). The Kier molecular flexibility index (Phi) is 5.68. The van der Waals surface area contributed by atoms with Crippen LogP contribution in [0.5, 0.6) is 0 Å². The van der Waals surface area contributed by atoms with Crippen LogP contribution in [0.15, 0.2) is 167 Å². The van der Waals surface area contributed by atoms with Gasteiger partial charge in [0, 0.05) is 17.1 Å². The van der Waals surface area contributed by atoms with Gasteiger partial charge in [0.2, 0.25) is 5.43 Å². The van der Waals surface area contributed by atoms with Crippen molar-refractivity contribution in [2.75, 3.05) is 4.90 Å². The third-order valence-electron chi connectivity index (χ3n) is 10.3. The highest BCUT2D eigenvalue weighted by Gasteiger charge is 2.52. The summed E-state index contributed by atoms with van der Waals surface area (Å²) in [5, 5.41) is 11.3. The molecular formula is C45H26N2O2. The van der Waals surface area contributed by atoms with Gasteiger partial charge >= 0.3 is 0 Å². The van der Waals surface area contributed by atoms with E-state index in [-0.39, 0.29) is 5.43 Å². The van der Waals surface area contributed by atoms with Crippen molar-refractivity contribution in [3.8, 4) is 28.3 Å². The lowest BCUT2D eigenvalue weighted by atomic mass is 9.70. The minimum Gasteiger partial charge on any atom is -0.456 e. The van der Waals surface area contributed by atoms with Crippen LogP contribution in [0.25, 0.3) is 44.2 Å². The van der Waals surface area contributed by atoms with Crippen LogP contribution >= 0.6 is 0 Å². The minimum atomic E-state index is -0.773. The maximum Gasteiger partial charge on any atom is 0.200 e. The van der Waals surface area contributed by atoms with Gasteiger partial charge in [-0.3, -0.25) is 4.79 Å². The molecule has 0 amide bonds. The van der Waals surface area contributed by atoms with Gasteiger partial charge in [0.1, 0.15) is 11.2 Å². The largest absolute Gasteiger partial charge is 0.456 e. The van der Waals surface area contributed by atoms with Crippen LogP contribution in [-0.2, 0) is 5.41 Å². The third kappa shape index (κ3) is 3.70. The zero-order valence-electron chi connectivity index (χ0n) is 26.2. The molecule has 0 bridgehead atoms. The van der Waals surface area contributed by atoms with Crippen molar-refractivity contribution >= 4 is 39.0 Å². The molecule has 8 aromatic rings. The van der Waals surface area contributed by atoms with Crippen LogP contribution in [0.4, 0.5) is 17.1 Å². The molecule has 49 heavy (non-hydrogen) atoms. The van der Waals surface area contributed by atoms with Crippen molar-refractivity contribution in [2.45, 2.75) is 5.41 Å². The van der Waals surface area contributed by atoms with Crippen LogP contribution in [-0.4, -0.2) is 0 Å².